The van der Waals surface area contributed by atoms with Crippen LogP contribution in [0.2, 0.25) is 0 Å². The van der Waals surface area contributed by atoms with Gasteiger partial charge in [-0.25, -0.2) is 8.78 Å². The maximum atomic E-state index is 14.6. The second-order valence-corrected chi connectivity index (χ2v) is 9.76. The minimum absolute atomic E-state index is 0.115. The lowest BCUT2D eigenvalue weighted by Crippen LogP contribution is -2.55. The minimum Gasteiger partial charge on any atom is -0.394 e. The van der Waals surface area contributed by atoms with E-state index in [9.17, 15) is 33.7 Å². The zero-order valence-electron chi connectivity index (χ0n) is 18.8. The molecule has 1 fully saturated rings. The molecule has 0 bridgehead atoms. The standard InChI is InChI=1S/C26H17F2N3O6/c27-8-1-3-10-12(5-8)30-19-15(10)17-18(25(36)29-24(17)35)16-11-4-2-9(28)6-13(11)31(20(16)19)26-21(30)23(34)22(33)14(7-32)37-26/h1-6,14,21-23,26,32-34H,7H2,(H,29,35,36)/t14-,21+,22-,23-,26-/m1/s1. The summed E-state index contributed by atoms with van der Waals surface area (Å²) in [5, 5.41) is 36.1. The van der Waals surface area contributed by atoms with E-state index in [2.05, 4.69) is 5.32 Å². The molecule has 4 N–H and O–H groups in total. The highest BCUT2D eigenvalue weighted by Crippen LogP contribution is 2.53. The molecule has 1 saturated heterocycles. The van der Waals surface area contributed by atoms with Gasteiger partial charge in [-0.05, 0) is 36.4 Å². The first-order valence-electron chi connectivity index (χ1n) is 11.7. The smallest absolute Gasteiger partial charge is 0.259 e. The molecule has 2 aromatic heterocycles. The van der Waals surface area contributed by atoms with E-state index in [1.807, 2.05) is 0 Å². The van der Waals surface area contributed by atoms with Crippen molar-refractivity contribution < 1.29 is 38.4 Å². The second kappa shape index (κ2) is 6.69. The van der Waals surface area contributed by atoms with Gasteiger partial charge < -0.3 is 29.2 Å². The van der Waals surface area contributed by atoms with E-state index >= 15 is 0 Å². The fourth-order valence-electron chi connectivity index (χ4n) is 6.62. The highest BCUT2D eigenvalue weighted by atomic mass is 19.1. The number of aliphatic hydroxyl groups excluding tert-OH is 3. The Bertz CT molecular complexity index is 1910. The number of hydrogen-bond acceptors (Lipinski definition) is 6. The Morgan fingerprint density at radius 3 is 1.95 bits per heavy atom. The highest BCUT2D eigenvalue weighted by Gasteiger charge is 2.51. The SMILES string of the molecule is O=C1NC(=O)c2c1c1c3ccc(F)cc3n3c1c1c2c2ccc(F)cc2n1[C@@H]1O[C@H](CO)[C@@H](O)[C@H](O)[C@@H]13. The summed E-state index contributed by atoms with van der Waals surface area (Å²) in [7, 11) is 0. The quantitative estimate of drug-likeness (QED) is 0.259. The molecule has 0 radical (unpaired) electrons. The third-order valence-electron chi connectivity index (χ3n) is 8.01. The fraction of sp³-hybridized carbons (Fsp3) is 0.231. The van der Waals surface area contributed by atoms with Crippen LogP contribution >= 0.6 is 0 Å². The molecular weight excluding hydrogens is 488 g/mol. The largest absolute Gasteiger partial charge is 0.394 e. The number of ether oxygens (including phenoxy) is 1. The lowest BCUT2D eigenvalue weighted by molar-refractivity contribution is -0.223. The predicted molar refractivity (Wildman–Crippen MR) is 126 cm³/mol. The molecule has 2 amide bonds. The number of carbonyl (C=O) groups is 2. The average Bonchev–Trinajstić information content (AvgIpc) is 3.47. The van der Waals surface area contributed by atoms with E-state index in [4.69, 9.17) is 4.74 Å². The monoisotopic (exact) mass is 505 g/mol. The lowest BCUT2D eigenvalue weighted by Gasteiger charge is -2.46. The number of amides is 2. The summed E-state index contributed by atoms with van der Waals surface area (Å²) in [5.74, 6) is -2.34. The van der Waals surface area contributed by atoms with E-state index in [-0.39, 0.29) is 11.1 Å². The van der Waals surface area contributed by atoms with Crippen molar-refractivity contribution in [3.05, 3.63) is 59.2 Å². The van der Waals surface area contributed by atoms with Gasteiger partial charge >= 0.3 is 0 Å². The van der Waals surface area contributed by atoms with Crippen LogP contribution in [-0.4, -0.2) is 61.2 Å². The molecule has 0 aliphatic carbocycles. The average molecular weight is 505 g/mol. The van der Waals surface area contributed by atoms with E-state index in [1.54, 1.807) is 9.13 Å². The Kier molecular flexibility index (Phi) is 3.84. The number of aromatic nitrogens is 2. The van der Waals surface area contributed by atoms with Crippen molar-refractivity contribution in [3.8, 4) is 0 Å². The van der Waals surface area contributed by atoms with Crippen LogP contribution in [0.15, 0.2) is 36.4 Å². The van der Waals surface area contributed by atoms with Crippen LogP contribution in [0.4, 0.5) is 8.78 Å². The zero-order valence-corrected chi connectivity index (χ0v) is 18.8. The van der Waals surface area contributed by atoms with E-state index in [0.717, 1.165) is 0 Å². The van der Waals surface area contributed by atoms with Crippen molar-refractivity contribution in [1.82, 2.24) is 14.5 Å². The zero-order chi connectivity index (χ0) is 25.5. The number of benzene rings is 3. The maximum absolute atomic E-state index is 14.6. The minimum atomic E-state index is -1.48. The summed E-state index contributed by atoms with van der Waals surface area (Å²) in [4.78, 5) is 26.3. The Morgan fingerprint density at radius 1 is 0.838 bits per heavy atom. The third-order valence-corrected chi connectivity index (χ3v) is 8.01. The molecule has 5 aromatic rings. The molecule has 0 spiro atoms. The number of hydrogen-bond donors (Lipinski definition) is 4. The summed E-state index contributed by atoms with van der Waals surface area (Å²) in [5.41, 5.74) is 1.78. The molecule has 186 valence electrons. The molecule has 37 heavy (non-hydrogen) atoms. The molecular formula is C26H17F2N3O6. The van der Waals surface area contributed by atoms with E-state index < -0.39 is 60.6 Å². The van der Waals surface area contributed by atoms with Gasteiger partial charge in [0.2, 0.25) is 0 Å². The van der Waals surface area contributed by atoms with Crippen LogP contribution in [0.1, 0.15) is 33.0 Å². The van der Waals surface area contributed by atoms with Crippen LogP contribution in [0.5, 0.6) is 0 Å². The van der Waals surface area contributed by atoms with Gasteiger partial charge in [0.1, 0.15) is 36.0 Å². The van der Waals surface area contributed by atoms with Gasteiger partial charge in [0.15, 0.2) is 6.23 Å². The van der Waals surface area contributed by atoms with Gasteiger partial charge in [-0.3, -0.25) is 14.9 Å². The number of nitrogens with zero attached hydrogens (tertiary/aromatic N) is 2. The molecule has 3 aliphatic rings. The fourth-order valence-corrected chi connectivity index (χ4v) is 6.62. The topological polar surface area (TPSA) is 126 Å². The number of carbonyl (C=O) groups excluding carboxylic acids is 2. The number of rotatable bonds is 1. The molecule has 0 saturated carbocycles. The van der Waals surface area contributed by atoms with Crippen molar-refractivity contribution in [2.75, 3.05) is 6.61 Å². The van der Waals surface area contributed by atoms with Gasteiger partial charge in [0.25, 0.3) is 11.8 Å². The molecule has 8 rings (SSSR count). The van der Waals surface area contributed by atoms with Crippen molar-refractivity contribution in [3.63, 3.8) is 0 Å². The number of imide groups is 1. The Labute approximate surface area is 205 Å². The molecule has 3 aromatic carbocycles. The second-order valence-electron chi connectivity index (χ2n) is 9.76. The van der Waals surface area contributed by atoms with Gasteiger partial charge in [-0.15, -0.1) is 0 Å². The van der Waals surface area contributed by atoms with Crippen LogP contribution in [0.3, 0.4) is 0 Å². The maximum Gasteiger partial charge on any atom is 0.259 e. The van der Waals surface area contributed by atoms with Crippen LogP contribution in [0.25, 0.3) is 43.6 Å². The summed E-state index contributed by atoms with van der Waals surface area (Å²) in [6, 6.07) is 6.99. The van der Waals surface area contributed by atoms with E-state index in [1.165, 1.54) is 36.4 Å². The van der Waals surface area contributed by atoms with Gasteiger partial charge in [-0.2, -0.15) is 0 Å². The van der Waals surface area contributed by atoms with Crippen molar-refractivity contribution in [2.24, 2.45) is 0 Å². The van der Waals surface area contributed by atoms with E-state index in [0.29, 0.717) is 43.6 Å². The lowest BCUT2D eigenvalue weighted by atomic mass is 9.93. The Morgan fingerprint density at radius 2 is 1.38 bits per heavy atom. The van der Waals surface area contributed by atoms with Crippen molar-refractivity contribution in [1.29, 1.82) is 0 Å². The van der Waals surface area contributed by atoms with Gasteiger partial charge in [0, 0.05) is 21.5 Å². The van der Waals surface area contributed by atoms with Gasteiger partial charge in [0.05, 0.1) is 39.8 Å². The molecule has 0 unspecified atom stereocenters. The number of fused-ring (bicyclic) bond motifs is 12. The van der Waals surface area contributed by atoms with Crippen LogP contribution < -0.4 is 5.32 Å². The normalized spacial score (nSPS) is 26.6. The van der Waals surface area contributed by atoms with Crippen molar-refractivity contribution in [2.45, 2.75) is 30.6 Å². The molecule has 9 nitrogen and oxygen atoms in total. The van der Waals surface area contributed by atoms with Crippen molar-refractivity contribution >= 4 is 55.4 Å². The number of aliphatic hydroxyl groups is 3. The Hall–Kier alpha value is -3.90. The summed E-state index contributed by atoms with van der Waals surface area (Å²) < 4.78 is 38.6. The molecule has 11 heteroatoms. The Balaban J connectivity index is 1.70. The first kappa shape index (κ1) is 21.2. The van der Waals surface area contributed by atoms with Crippen LogP contribution in [0, 0.1) is 11.6 Å². The number of halogens is 2. The predicted octanol–water partition coefficient (Wildman–Crippen LogP) is 2.23. The van der Waals surface area contributed by atoms with Gasteiger partial charge in [-0.1, -0.05) is 0 Å². The molecule has 3 aliphatic heterocycles. The summed E-state index contributed by atoms with van der Waals surface area (Å²) in [6.07, 6.45) is -5.18. The third kappa shape index (κ3) is 2.31. The first-order valence-corrected chi connectivity index (χ1v) is 11.7. The number of nitrogens with one attached hydrogen (secondary N) is 1. The first-order chi connectivity index (χ1) is 17.8. The summed E-state index contributed by atoms with van der Waals surface area (Å²) in [6.45, 7) is -0.595. The van der Waals surface area contributed by atoms with Crippen LogP contribution in [-0.2, 0) is 4.74 Å². The molecule has 5 atom stereocenters. The summed E-state index contributed by atoms with van der Waals surface area (Å²) >= 11 is 0. The highest BCUT2D eigenvalue weighted by molar-refractivity contribution is 6.39. The molecule has 5 heterocycles.